The summed E-state index contributed by atoms with van der Waals surface area (Å²) in [5.74, 6) is -1.26. The Hall–Kier alpha value is -3.56. The maximum Gasteiger partial charge on any atom is 0.339 e. The highest BCUT2D eigenvalue weighted by Gasteiger charge is 2.36. The zero-order chi connectivity index (χ0) is 26.1. The fourth-order valence-electron chi connectivity index (χ4n) is 3.15. The van der Waals surface area contributed by atoms with Gasteiger partial charge in [0.05, 0.1) is 22.1 Å². The van der Waals surface area contributed by atoms with Gasteiger partial charge in [0.25, 0.3) is 11.1 Å². The molecule has 3 rings (SSSR count). The van der Waals surface area contributed by atoms with Crippen molar-refractivity contribution >= 4 is 58.1 Å². The molecule has 0 saturated carbocycles. The number of esters is 1. The number of amides is 3. The second-order valence-corrected chi connectivity index (χ2v) is 9.04. The van der Waals surface area contributed by atoms with Gasteiger partial charge in [-0.15, -0.1) is 0 Å². The number of ether oxygens (including phenoxy) is 2. The van der Waals surface area contributed by atoms with E-state index in [9.17, 15) is 19.2 Å². The van der Waals surface area contributed by atoms with Crippen molar-refractivity contribution in [3.8, 4) is 5.75 Å². The summed E-state index contributed by atoms with van der Waals surface area (Å²) in [4.78, 5) is 51.2. The van der Waals surface area contributed by atoms with Gasteiger partial charge in [-0.05, 0) is 48.5 Å². The largest absolute Gasteiger partial charge is 0.489 e. The van der Waals surface area contributed by atoms with Gasteiger partial charge in [-0.2, -0.15) is 0 Å². The monoisotopic (exact) mass is 528 g/mol. The second-order valence-electron chi connectivity index (χ2n) is 7.64. The molecule has 36 heavy (non-hydrogen) atoms. The molecule has 1 N–H and O–H groups in total. The van der Waals surface area contributed by atoms with Gasteiger partial charge in [-0.3, -0.25) is 19.3 Å². The lowest BCUT2D eigenvalue weighted by atomic mass is 10.2. The first-order valence-corrected chi connectivity index (χ1v) is 12.4. The fraction of sp³-hybridized carbons (Fsp3) is 0.231. The molecule has 0 atom stereocenters. The van der Waals surface area contributed by atoms with E-state index in [0.29, 0.717) is 11.3 Å². The lowest BCUT2D eigenvalue weighted by Crippen LogP contribution is -2.36. The van der Waals surface area contributed by atoms with E-state index < -0.39 is 29.6 Å². The number of benzene rings is 2. The molecule has 1 saturated heterocycles. The molecular formula is C26H25ClN2O6S. The number of carbonyl (C=O) groups excluding carboxylic acids is 4. The molecule has 0 radical (unpaired) electrons. The molecule has 8 nitrogen and oxygen atoms in total. The van der Waals surface area contributed by atoms with Crippen LogP contribution >= 0.6 is 23.4 Å². The van der Waals surface area contributed by atoms with Crippen molar-refractivity contribution in [2.45, 2.75) is 19.8 Å². The molecule has 0 bridgehead atoms. The smallest absolute Gasteiger partial charge is 0.339 e. The number of halogens is 1. The van der Waals surface area contributed by atoms with E-state index in [1.165, 1.54) is 18.2 Å². The minimum atomic E-state index is -0.610. The topological polar surface area (TPSA) is 102 Å². The quantitative estimate of drug-likeness (QED) is 0.177. The first kappa shape index (κ1) is 27.0. The van der Waals surface area contributed by atoms with Crippen molar-refractivity contribution in [3.63, 3.8) is 0 Å². The van der Waals surface area contributed by atoms with Gasteiger partial charge in [-0.1, -0.05) is 55.8 Å². The van der Waals surface area contributed by atoms with Crippen LogP contribution in [-0.4, -0.2) is 47.7 Å². The Labute approximate surface area is 218 Å². The van der Waals surface area contributed by atoms with Crippen molar-refractivity contribution in [1.82, 2.24) is 4.90 Å². The van der Waals surface area contributed by atoms with E-state index in [-0.39, 0.29) is 34.4 Å². The van der Waals surface area contributed by atoms with Crippen LogP contribution in [0.25, 0.3) is 6.08 Å². The Balaban J connectivity index is 1.68. The van der Waals surface area contributed by atoms with Crippen LogP contribution in [0.5, 0.6) is 5.75 Å². The normalized spacial score (nSPS) is 14.2. The highest BCUT2D eigenvalue weighted by Crippen LogP contribution is 2.34. The standard InChI is InChI=1S/C26H25ClN2O6S/c1-3-5-13-35-25(32)19-15-18(10-11-20(19)27)28-23(30)16-29-24(31)22(36-26(29)33)14-17-8-6-7-9-21(17)34-12-4-2/h4,6-11,14-15H,2-3,5,12-13,16H2,1H3,(H,28,30)/b22-14-. The average molecular weight is 529 g/mol. The van der Waals surface area contributed by atoms with Crippen LogP contribution < -0.4 is 10.1 Å². The maximum atomic E-state index is 12.8. The minimum absolute atomic E-state index is 0.108. The van der Waals surface area contributed by atoms with E-state index in [1.807, 2.05) is 6.92 Å². The van der Waals surface area contributed by atoms with Gasteiger partial charge in [0.1, 0.15) is 18.9 Å². The lowest BCUT2D eigenvalue weighted by molar-refractivity contribution is -0.127. The molecule has 0 aromatic heterocycles. The summed E-state index contributed by atoms with van der Waals surface area (Å²) in [6, 6.07) is 11.4. The number of rotatable bonds is 11. The average Bonchev–Trinajstić information content (AvgIpc) is 3.12. The molecular weight excluding hydrogens is 504 g/mol. The summed E-state index contributed by atoms with van der Waals surface area (Å²) in [6.07, 6.45) is 4.74. The van der Waals surface area contributed by atoms with Crippen molar-refractivity contribution < 1.29 is 28.7 Å². The van der Waals surface area contributed by atoms with Gasteiger partial charge < -0.3 is 14.8 Å². The van der Waals surface area contributed by atoms with E-state index in [0.717, 1.165) is 29.5 Å². The zero-order valence-corrected chi connectivity index (χ0v) is 21.2. The molecule has 2 aromatic rings. The Morgan fingerprint density at radius 2 is 1.97 bits per heavy atom. The van der Waals surface area contributed by atoms with Gasteiger partial charge >= 0.3 is 5.97 Å². The van der Waals surface area contributed by atoms with E-state index in [4.69, 9.17) is 21.1 Å². The molecule has 10 heteroatoms. The molecule has 1 aliphatic heterocycles. The molecule has 1 fully saturated rings. The van der Waals surface area contributed by atoms with Crippen molar-refractivity contribution in [2.24, 2.45) is 0 Å². The molecule has 2 aromatic carbocycles. The van der Waals surface area contributed by atoms with Gasteiger partial charge in [-0.25, -0.2) is 4.79 Å². The molecule has 0 unspecified atom stereocenters. The molecule has 0 aliphatic carbocycles. The number of para-hydroxylation sites is 1. The second kappa shape index (κ2) is 12.9. The fourth-order valence-corrected chi connectivity index (χ4v) is 4.17. The number of anilines is 1. The van der Waals surface area contributed by atoms with Crippen LogP contribution in [0.4, 0.5) is 10.5 Å². The number of unbranched alkanes of at least 4 members (excludes halogenated alkanes) is 1. The Bertz CT molecular complexity index is 1210. The van der Waals surface area contributed by atoms with E-state index >= 15 is 0 Å². The number of carbonyl (C=O) groups is 4. The summed E-state index contributed by atoms with van der Waals surface area (Å²) < 4.78 is 10.8. The van der Waals surface area contributed by atoms with Gasteiger partial charge in [0, 0.05) is 11.3 Å². The van der Waals surface area contributed by atoms with Crippen LogP contribution in [0.15, 0.2) is 60.0 Å². The van der Waals surface area contributed by atoms with Crippen molar-refractivity contribution in [3.05, 3.63) is 76.2 Å². The van der Waals surface area contributed by atoms with Crippen LogP contribution in [0.1, 0.15) is 35.7 Å². The van der Waals surface area contributed by atoms with Gasteiger partial charge in [0.15, 0.2) is 0 Å². The number of nitrogens with zero attached hydrogens (tertiary/aromatic N) is 1. The van der Waals surface area contributed by atoms with Crippen LogP contribution in [0.3, 0.4) is 0 Å². The zero-order valence-electron chi connectivity index (χ0n) is 19.6. The van der Waals surface area contributed by atoms with Crippen molar-refractivity contribution in [1.29, 1.82) is 0 Å². The summed E-state index contributed by atoms with van der Waals surface area (Å²) in [7, 11) is 0. The highest BCUT2D eigenvalue weighted by molar-refractivity contribution is 8.18. The summed E-state index contributed by atoms with van der Waals surface area (Å²) >= 11 is 6.84. The third-order valence-corrected chi connectivity index (χ3v) is 6.18. The number of hydrogen-bond acceptors (Lipinski definition) is 7. The lowest BCUT2D eigenvalue weighted by Gasteiger charge is -2.13. The third-order valence-electron chi connectivity index (χ3n) is 4.94. The Morgan fingerprint density at radius 1 is 1.19 bits per heavy atom. The summed E-state index contributed by atoms with van der Waals surface area (Å²) in [5, 5.41) is 2.20. The molecule has 188 valence electrons. The Morgan fingerprint density at radius 3 is 2.72 bits per heavy atom. The maximum absolute atomic E-state index is 12.8. The number of thioether (sulfide) groups is 1. The minimum Gasteiger partial charge on any atom is -0.489 e. The van der Waals surface area contributed by atoms with Crippen LogP contribution in [-0.2, 0) is 14.3 Å². The Kier molecular flexibility index (Phi) is 9.72. The third kappa shape index (κ3) is 6.99. The number of hydrogen-bond donors (Lipinski definition) is 1. The van der Waals surface area contributed by atoms with E-state index in [1.54, 1.807) is 36.4 Å². The first-order chi connectivity index (χ1) is 17.3. The molecule has 3 amide bonds. The predicted octanol–water partition coefficient (Wildman–Crippen LogP) is 5.54. The molecule has 1 aliphatic rings. The van der Waals surface area contributed by atoms with Crippen LogP contribution in [0.2, 0.25) is 5.02 Å². The summed E-state index contributed by atoms with van der Waals surface area (Å²) in [5.41, 5.74) is 1.01. The van der Waals surface area contributed by atoms with E-state index in [2.05, 4.69) is 11.9 Å². The van der Waals surface area contributed by atoms with Crippen molar-refractivity contribution in [2.75, 3.05) is 25.1 Å². The molecule has 1 heterocycles. The van der Waals surface area contributed by atoms with Crippen LogP contribution in [0, 0.1) is 0 Å². The first-order valence-electron chi connectivity index (χ1n) is 11.2. The van der Waals surface area contributed by atoms with Gasteiger partial charge in [0.2, 0.25) is 5.91 Å². The SMILES string of the molecule is C=CCOc1ccccc1/C=C1\SC(=O)N(CC(=O)Nc2ccc(Cl)c(C(=O)OCCCC)c2)C1=O. The molecule has 0 spiro atoms. The summed E-state index contributed by atoms with van der Waals surface area (Å²) in [6.45, 7) is 5.65. The number of imide groups is 1. The highest BCUT2D eigenvalue weighted by atomic mass is 35.5. The number of nitrogens with one attached hydrogen (secondary N) is 1. The predicted molar refractivity (Wildman–Crippen MR) is 140 cm³/mol.